The lowest BCUT2D eigenvalue weighted by Crippen LogP contribution is -2.15. The Morgan fingerprint density at radius 2 is 1.52 bits per heavy atom. The van der Waals surface area contributed by atoms with E-state index in [0.29, 0.717) is 11.3 Å². The molecule has 1 amide bonds. The minimum absolute atomic E-state index is 0.281. The summed E-state index contributed by atoms with van der Waals surface area (Å²) in [7, 11) is 1.57. The summed E-state index contributed by atoms with van der Waals surface area (Å²) in [6, 6.07) is 19.4. The van der Waals surface area contributed by atoms with Crippen molar-refractivity contribution in [3.8, 4) is 5.75 Å². The molecule has 0 aliphatic heterocycles. The summed E-state index contributed by atoms with van der Waals surface area (Å²) in [5, 5.41) is 2.34. The first kappa shape index (κ1) is 18.3. The van der Waals surface area contributed by atoms with Crippen molar-refractivity contribution in [1.82, 2.24) is 0 Å². The third kappa shape index (κ3) is 4.39. The molecule has 3 rings (SSSR count). The molecule has 0 heterocycles. The van der Waals surface area contributed by atoms with Gasteiger partial charge in [-0.15, -0.1) is 0 Å². The molecule has 3 nitrogen and oxygen atoms in total. The number of carbonyl (C=O) groups is 1. The van der Waals surface area contributed by atoms with Gasteiger partial charge in [0.05, 0.1) is 7.11 Å². The van der Waals surface area contributed by atoms with Crippen molar-refractivity contribution in [3.63, 3.8) is 0 Å². The zero-order valence-corrected chi connectivity index (χ0v) is 14.6. The van der Waals surface area contributed by atoms with Crippen LogP contribution in [0.3, 0.4) is 0 Å². The molecular weight excluding hydrogens is 348 g/mol. The Kier molecular flexibility index (Phi) is 5.61. The van der Waals surface area contributed by atoms with Crippen LogP contribution in [0.1, 0.15) is 11.1 Å². The summed E-state index contributed by atoms with van der Waals surface area (Å²) < 4.78 is 32.9. The van der Waals surface area contributed by atoms with Gasteiger partial charge in [0.15, 0.2) is 0 Å². The Labute approximate surface area is 155 Å². The molecule has 0 aromatic heterocycles. The highest BCUT2D eigenvalue weighted by atomic mass is 19.1. The van der Waals surface area contributed by atoms with Crippen molar-refractivity contribution in [2.45, 2.75) is 0 Å². The second-order valence-electron chi connectivity index (χ2n) is 5.75. The zero-order chi connectivity index (χ0) is 19.2. The standard InChI is InChI=1S/C22H17F2NO2/c1-27-17-12-10-15(11-13-17)14-18(16-6-3-2-4-7-16)22(26)25-21-19(23)8-5-9-20(21)24/h2-14H,1H3,(H,25,26)/b18-14+. The van der Waals surface area contributed by atoms with E-state index in [9.17, 15) is 13.6 Å². The number of carbonyl (C=O) groups excluding carboxylic acids is 1. The second-order valence-corrected chi connectivity index (χ2v) is 5.75. The zero-order valence-electron chi connectivity index (χ0n) is 14.6. The molecule has 0 bridgehead atoms. The smallest absolute Gasteiger partial charge is 0.256 e. The fourth-order valence-electron chi connectivity index (χ4n) is 2.56. The minimum atomic E-state index is -0.833. The maximum atomic E-state index is 13.9. The number of rotatable bonds is 5. The fraction of sp³-hybridized carbons (Fsp3) is 0.0455. The van der Waals surface area contributed by atoms with E-state index in [2.05, 4.69) is 5.32 Å². The Morgan fingerprint density at radius 3 is 2.11 bits per heavy atom. The second kappa shape index (κ2) is 8.27. The summed E-state index contributed by atoms with van der Waals surface area (Å²) in [5.74, 6) is -1.59. The monoisotopic (exact) mass is 365 g/mol. The highest BCUT2D eigenvalue weighted by Gasteiger charge is 2.17. The lowest BCUT2D eigenvalue weighted by molar-refractivity contribution is -0.111. The van der Waals surface area contributed by atoms with Crippen LogP contribution in [0.2, 0.25) is 0 Å². The first-order chi connectivity index (χ1) is 13.1. The van der Waals surface area contributed by atoms with Crippen LogP contribution >= 0.6 is 0 Å². The number of amides is 1. The number of para-hydroxylation sites is 1. The third-order valence-corrected chi connectivity index (χ3v) is 3.96. The van der Waals surface area contributed by atoms with Crippen molar-refractivity contribution in [2.24, 2.45) is 0 Å². The molecule has 0 spiro atoms. The third-order valence-electron chi connectivity index (χ3n) is 3.96. The van der Waals surface area contributed by atoms with Gasteiger partial charge >= 0.3 is 0 Å². The minimum Gasteiger partial charge on any atom is -0.497 e. The first-order valence-electron chi connectivity index (χ1n) is 8.25. The summed E-state index contributed by atoms with van der Waals surface area (Å²) in [4.78, 5) is 12.8. The average Bonchev–Trinajstić information content (AvgIpc) is 2.70. The fourth-order valence-corrected chi connectivity index (χ4v) is 2.56. The van der Waals surface area contributed by atoms with E-state index in [-0.39, 0.29) is 5.57 Å². The molecule has 0 radical (unpaired) electrons. The Bertz CT molecular complexity index is 947. The molecule has 5 heteroatoms. The normalized spacial score (nSPS) is 11.1. The topological polar surface area (TPSA) is 38.3 Å². The number of halogens is 2. The van der Waals surface area contributed by atoms with Crippen molar-refractivity contribution < 1.29 is 18.3 Å². The van der Waals surface area contributed by atoms with E-state index in [1.807, 2.05) is 6.07 Å². The van der Waals surface area contributed by atoms with Gasteiger partial charge in [-0.05, 0) is 41.5 Å². The Morgan fingerprint density at radius 1 is 0.889 bits per heavy atom. The summed E-state index contributed by atoms with van der Waals surface area (Å²) in [6.07, 6.45) is 1.66. The van der Waals surface area contributed by atoms with Gasteiger partial charge in [0.25, 0.3) is 5.91 Å². The van der Waals surface area contributed by atoms with Crippen molar-refractivity contribution in [2.75, 3.05) is 12.4 Å². The largest absolute Gasteiger partial charge is 0.497 e. The Hall–Kier alpha value is -3.47. The quantitative estimate of drug-likeness (QED) is 0.501. The molecule has 3 aromatic rings. The molecule has 3 aromatic carbocycles. The average molecular weight is 365 g/mol. The van der Waals surface area contributed by atoms with Gasteiger partial charge in [0.2, 0.25) is 0 Å². The number of hydrogen-bond acceptors (Lipinski definition) is 2. The van der Waals surface area contributed by atoms with Crippen LogP contribution < -0.4 is 10.1 Å². The van der Waals surface area contributed by atoms with Crippen LogP contribution in [-0.2, 0) is 4.79 Å². The van der Waals surface area contributed by atoms with Crippen molar-refractivity contribution in [3.05, 3.63) is 95.6 Å². The molecule has 0 unspecified atom stereocenters. The van der Waals surface area contributed by atoms with Gasteiger partial charge in [-0.25, -0.2) is 8.78 Å². The van der Waals surface area contributed by atoms with Gasteiger partial charge in [-0.2, -0.15) is 0 Å². The first-order valence-corrected chi connectivity index (χ1v) is 8.25. The molecule has 136 valence electrons. The summed E-state index contributed by atoms with van der Waals surface area (Å²) in [6.45, 7) is 0. The van der Waals surface area contributed by atoms with E-state index in [0.717, 1.165) is 17.7 Å². The van der Waals surface area contributed by atoms with Gasteiger partial charge in [0, 0.05) is 5.57 Å². The van der Waals surface area contributed by atoms with E-state index in [1.54, 1.807) is 61.7 Å². The predicted molar refractivity (Wildman–Crippen MR) is 102 cm³/mol. The van der Waals surface area contributed by atoms with Crippen LogP contribution in [0.5, 0.6) is 5.75 Å². The number of benzene rings is 3. The molecule has 0 saturated carbocycles. The Balaban J connectivity index is 1.99. The molecular formula is C22H17F2NO2. The molecule has 27 heavy (non-hydrogen) atoms. The maximum absolute atomic E-state index is 13.9. The van der Waals surface area contributed by atoms with Crippen LogP contribution in [0.25, 0.3) is 11.6 Å². The molecule has 0 aliphatic carbocycles. The van der Waals surface area contributed by atoms with Crippen LogP contribution in [0.15, 0.2) is 72.8 Å². The molecule has 0 aliphatic rings. The van der Waals surface area contributed by atoms with Gasteiger partial charge in [0.1, 0.15) is 23.1 Å². The summed E-state index contributed by atoms with van der Waals surface area (Å²) in [5.41, 5.74) is 1.18. The van der Waals surface area contributed by atoms with Crippen LogP contribution in [0, 0.1) is 11.6 Å². The highest BCUT2D eigenvalue weighted by Crippen LogP contribution is 2.24. The molecule has 0 atom stereocenters. The number of methoxy groups -OCH3 is 1. The lowest BCUT2D eigenvalue weighted by atomic mass is 10.0. The van der Waals surface area contributed by atoms with E-state index >= 15 is 0 Å². The highest BCUT2D eigenvalue weighted by molar-refractivity contribution is 6.29. The predicted octanol–water partition coefficient (Wildman–Crippen LogP) is 5.15. The van der Waals surface area contributed by atoms with Gasteiger partial charge in [-0.3, -0.25) is 4.79 Å². The SMILES string of the molecule is COc1ccc(/C=C(/C(=O)Nc2c(F)cccc2F)c2ccccc2)cc1. The molecule has 0 fully saturated rings. The van der Waals surface area contributed by atoms with E-state index in [1.165, 1.54) is 6.07 Å². The van der Waals surface area contributed by atoms with Crippen molar-refractivity contribution >= 4 is 23.2 Å². The number of anilines is 1. The van der Waals surface area contributed by atoms with E-state index < -0.39 is 23.2 Å². The van der Waals surface area contributed by atoms with Crippen LogP contribution in [0.4, 0.5) is 14.5 Å². The number of hydrogen-bond donors (Lipinski definition) is 1. The lowest BCUT2D eigenvalue weighted by Gasteiger charge is -2.11. The maximum Gasteiger partial charge on any atom is 0.256 e. The molecule has 1 N–H and O–H groups in total. The van der Waals surface area contributed by atoms with Crippen LogP contribution in [-0.4, -0.2) is 13.0 Å². The van der Waals surface area contributed by atoms with Crippen molar-refractivity contribution in [1.29, 1.82) is 0 Å². The van der Waals surface area contributed by atoms with Gasteiger partial charge in [-0.1, -0.05) is 48.5 Å². The summed E-state index contributed by atoms with van der Waals surface area (Å²) >= 11 is 0. The van der Waals surface area contributed by atoms with E-state index in [4.69, 9.17) is 4.74 Å². The number of ether oxygens (including phenoxy) is 1. The molecule has 0 saturated heterocycles. The van der Waals surface area contributed by atoms with Gasteiger partial charge < -0.3 is 10.1 Å². The number of nitrogens with one attached hydrogen (secondary N) is 1.